The second kappa shape index (κ2) is 9.56. The molecule has 0 atom stereocenters. The van der Waals surface area contributed by atoms with E-state index < -0.39 is 10.9 Å². The van der Waals surface area contributed by atoms with Crippen molar-refractivity contribution in [2.24, 2.45) is 0 Å². The third kappa shape index (κ3) is 4.91. The summed E-state index contributed by atoms with van der Waals surface area (Å²) in [5, 5.41) is 24.6. The van der Waals surface area contributed by atoms with Gasteiger partial charge in [-0.15, -0.1) is 0 Å². The maximum absolute atomic E-state index is 11.3. The molecule has 0 bridgehead atoms. The van der Waals surface area contributed by atoms with Crippen LogP contribution in [0.15, 0.2) is 80.4 Å². The number of hydrogen-bond acceptors (Lipinski definition) is 7. The number of nitro groups is 1. The zero-order chi connectivity index (χ0) is 22.5. The number of anilines is 1. The van der Waals surface area contributed by atoms with E-state index in [0.717, 1.165) is 11.3 Å². The molecule has 0 radical (unpaired) electrons. The number of ether oxygens (including phenoxy) is 1. The molecule has 3 aromatic rings. The van der Waals surface area contributed by atoms with E-state index in [0.29, 0.717) is 22.3 Å². The monoisotopic (exact) mass is 543 g/mol. The van der Waals surface area contributed by atoms with Crippen molar-refractivity contribution in [2.45, 2.75) is 0 Å². The Morgan fingerprint density at radius 3 is 2.69 bits per heavy atom. The van der Waals surface area contributed by atoms with Crippen molar-refractivity contribution in [2.75, 3.05) is 11.9 Å². The van der Waals surface area contributed by atoms with E-state index in [1.165, 1.54) is 18.5 Å². The van der Waals surface area contributed by atoms with Gasteiger partial charge in [-0.3, -0.25) is 0 Å². The summed E-state index contributed by atoms with van der Waals surface area (Å²) < 4.78 is 10.2. The zero-order valence-corrected chi connectivity index (χ0v) is 18.6. The summed E-state index contributed by atoms with van der Waals surface area (Å²) in [6, 6.07) is 10.1. The first kappa shape index (κ1) is 21.4. The first-order valence-electron chi connectivity index (χ1n) is 9.32. The molecular formula is C22H16IN4O5-. The quantitative estimate of drug-likeness (QED) is 0.258. The Hall–Kier alpha value is -3.80. The predicted octanol–water partition coefficient (Wildman–Crippen LogP) is 1.11. The normalized spacial score (nSPS) is 13.4. The van der Waals surface area contributed by atoms with Crippen LogP contribution < -0.4 is 31.3 Å². The van der Waals surface area contributed by atoms with Gasteiger partial charge in [-0.1, -0.05) is 0 Å². The van der Waals surface area contributed by atoms with Crippen LogP contribution >= 0.6 is 0 Å². The maximum atomic E-state index is 11.3. The van der Waals surface area contributed by atoms with Gasteiger partial charge in [0, 0.05) is 0 Å². The number of nitrogens with zero attached hydrogens (tertiary/aromatic N) is 3. The van der Waals surface area contributed by atoms with Gasteiger partial charge in [-0.2, -0.15) is 0 Å². The topological polar surface area (TPSA) is 127 Å². The number of aromatic carboxylic acids is 1. The molecular weight excluding hydrogens is 527 g/mol. The fourth-order valence-corrected chi connectivity index (χ4v) is 4.61. The Balaban J connectivity index is 1.51. The number of allylic oxidation sites excluding steroid dienone is 1. The van der Waals surface area contributed by atoms with E-state index in [1.807, 2.05) is 18.2 Å². The van der Waals surface area contributed by atoms with Crippen molar-refractivity contribution in [3.05, 3.63) is 96.2 Å². The molecule has 0 spiro atoms. The number of carboxylic acid groups (broad SMARTS) is 1. The second-order valence-electron chi connectivity index (χ2n) is 6.59. The van der Waals surface area contributed by atoms with E-state index in [-0.39, 0.29) is 39.2 Å². The zero-order valence-electron chi connectivity index (χ0n) is 16.4. The molecule has 0 unspecified atom stereocenters. The van der Waals surface area contributed by atoms with Gasteiger partial charge in [0.15, 0.2) is 0 Å². The molecule has 10 heteroatoms. The molecule has 0 aliphatic carbocycles. The number of non-ortho nitro benzene ring substituents is 1. The summed E-state index contributed by atoms with van der Waals surface area (Å²) >= 11 is -0.333. The average molecular weight is 543 g/mol. The molecule has 2 aromatic carbocycles. The summed E-state index contributed by atoms with van der Waals surface area (Å²) in [7, 11) is 0. The van der Waals surface area contributed by atoms with Crippen LogP contribution in [0.25, 0.3) is 10.8 Å². The number of halogens is 1. The van der Waals surface area contributed by atoms with E-state index in [2.05, 4.69) is 23.5 Å². The van der Waals surface area contributed by atoms with Crippen molar-refractivity contribution in [1.82, 2.24) is 9.97 Å². The molecule has 4 rings (SSSR count). The van der Waals surface area contributed by atoms with E-state index in [9.17, 15) is 14.9 Å². The Bertz CT molecular complexity index is 1290. The number of rotatable bonds is 7. The van der Waals surface area contributed by atoms with Crippen LogP contribution in [0.3, 0.4) is 0 Å². The summed E-state index contributed by atoms with van der Waals surface area (Å²) in [5.74, 6) is -0.135. The van der Waals surface area contributed by atoms with Crippen molar-refractivity contribution < 1.29 is 40.8 Å². The van der Waals surface area contributed by atoms with Crippen molar-refractivity contribution in [1.29, 1.82) is 0 Å². The number of hydrogen-bond donors (Lipinski definition) is 2. The SMILES string of the molecule is O=C(O)c1cnc(NC2=C[I-]C=CC(COc3ccc([N+](=O)[O-])c4ccccc34)=C2)cn1. The number of carboxylic acids is 1. The van der Waals surface area contributed by atoms with Crippen LogP contribution in [0, 0.1) is 10.1 Å². The number of fused-ring (bicyclic) bond motifs is 1. The third-order valence-corrected chi connectivity index (χ3v) is 6.27. The summed E-state index contributed by atoms with van der Waals surface area (Å²) in [5.41, 5.74) is 1.63. The average Bonchev–Trinajstić information content (AvgIpc) is 3.02. The number of aromatic nitrogens is 2. The molecule has 0 saturated heterocycles. The van der Waals surface area contributed by atoms with Crippen LogP contribution in [0.5, 0.6) is 5.75 Å². The van der Waals surface area contributed by atoms with Crippen LogP contribution in [-0.4, -0.2) is 32.6 Å². The van der Waals surface area contributed by atoms with Crippen LogP contribution in [0.1, 0.15) is 10.5 Å². The van der Waals surface area contributed by atoms with E-state index >= 15 is 0 Å². The Morgan fingerprint density at radius 2 is 1.97 bits per heavy atom. The minimum absolute atomic E-state index is 0.0377. The van der Waals surface area contributed by atoms with E-state index in [4.69, 9.17) is 9.84 Å². The van der Waals surface area contributed by atoms with E-state index in [1.54, 1.807) is 24.3 Å². The van der Waals surface area contributed by atoms with Gasteiger partial charge in [0.2, 0.25) is 0 Å². The Kier molecular flexibility index (Phi) is 6.40. The second-order valence-corrected chi connectivity index (χ2v) is 8.65. The standard InChI is InChI=1S/C22H16IN4O5/c28-22(29)18-11-25-21(12-24-18)26-15-9-14(7-8-23-10-15)13-32-20-6-5-19(27(30)31)16-3-1-2-4-17(16)20/h1-12H,13H2,(H,25,26)(H,28,29)/q-1. The molecule has 2 N–H and O–H groups in total. The Morgan fingerprint density at radius 1 is 1.16 bits per heavy atom. The van der Waals surface area contributed by atoms with Crippen LogP contribution in [0.4, 0.5) is 11.5 Å². The summed E-state index contributed by atoms with van der Waals surface area (Å²) in [4.78, 5) is 29.8. The van der Waals surface area contributed by atoms with Crippen LogP contribution in [-0.2, 0) is 0 Å². The van der Waals surface area contributed by atoms with Gasteiger partial charge in [-0.25, -0.2) is 0 Å². The molecule has 0 amide bonds. The number of nitro benzene ring substituents is 1. The van der Waals surface area contributed by atoms with Gasteiger partial charge in [-0.05, 0) is 0 Å². The van der Waals surface area contributed by atoms with Crippen molar-refractivity contribution in [3.63, 3.8) is 0 Å². The fraction of sp³-hybridized carbons (Fsp3) is 0.0455. The predicted molar refractivity (Wildman–Crippen MR) is 114 cm³/mol. The molecule has 1 aromatic heterocycles. The molecule has 1 aliphatic rings. The number of carbonyl (C=O) groups is 1. The molecule has 9 nitrogen and oxygen atoms in total. The molecule has 0 saturated carbocycles. The van der Waals surface area contributed by atoms with Crippen LogP contribution in [0.2, 0.25) is 0 Å². The molecule has 0 fully saturated rings. The molecule has 1 aliphatic heterocycles. The first-order valence-corrected chi connectivity index (χ1v) is 11.8. The third-order valence-electron chi connectivity index (χ3n) is 4.47. The molecule has 2 heterocycles. The van der Waals surface area contributed by atoms with Gasteiger partial charge < -0.3 is 0 Å². The first-order chi connectivity index (χ1) is 15.5. The molecule has 32 heavy (non-hydrogen) atoms. The van der Waals surface area contributed by atoms with Gasteiger partial charge in [0.1, 0.15) is 0 Å². The van der Waals surface area contributed by atoms with Gasteiger partial charge >= 0.3 is 193 Å². The summed E-state index contributed by atoms with van der Waals surface area (Å²) in [6.07, 6.45) is 6.48. The molecule has 162 valence electrons. The minimum atomic E-state index is -1.13. The van der Waals surface area contributed by atoms with Crippen molar-refractivity contribution in [3.8, 4) is 5.75 Å². The Labute approximate surface area is 192 Å². The number of nitrogens with one attached hydrogen (secondary N) is 1. The summed E-state index contributed by atoms with van der Waals surface area (Å²) in [6.45, 7) is 0.269. The van der Waals surface area contributed by atoms with Gasteiger partial charge in [0.05, 0.1) is 0 Å². The van der Waals surface area contributed by atoms with Gasteiger partial charge in [0.25, 0.3) is 0 Å². The van der Waals surface area contributed by atoms with Crippen molar-refractivity contribution >= 4 is 28.2 Å². The fourth-order valence-electron chi connectivity index (χ4n) is 3.01. The number of benzene rings is 2.